The lowest BCUT2D eigenvalue weighted by molar-refractivity contribution is 0.0576. The van der Waals surface area contributed by atoms with Gasteiger partial charge in [-0.3, -0.25) is 4.98 Å². The number of ether oxygens (including phenoxy) is 1. The molecule has 1 saturated heterocycles. The lowest BCUT2D eigenvalue weighted by Gasteiger charge is -2.27. The normalized spacial score (nSPS) is 19.6. The fourth-order valence-electron chi connectivity index (χ4n) is 2.26. The third-order valence-corrected chi connectivity index (χ3v) is 3.39. The third-order valence-electron chi connectivity index (χ3n) is 3.39. The molecule has 2 heterocycles. The van der Waals surface area contributed by atoms with Crippen molar-refractivity contribution in [2.45, 2.75) is 31.7 Å². The van der Waals surface area contributed by atoms with Crippen molar-refractivity contribution in [1.29, 1.82) is 0 Å². The summed E-state index contributed by atoms with van der Waals surface area (Å²) >= 11 is 0. The van der Waals surface area contributed by atoms with Gasteiger partial charge in [0.2, 0.25) is 0 Å². The molecule has 1 atom stereocenters. The van der Waals surface area contributed by atoms with Crippen LogP contribution in [-0.2, 0) is 11.2 Å². The van der Waals surface area contributed by atoms with Crippen LogP contribution >= 0.6 is 0 Å². The van der Waals surface area contributed by atoms with Crippen molar-refractivity contribution in [1.82, 2.24) is 4.98 Å². The van der Waals surface area contributed by atoms with E-state index in [9.17, 15) is 0 Å². The van der Waals surface area contributed by atoms with Gasteiger partial charge in [-0.05, 0) is 49.3 Å². The van der Waals surface area contributed by atoms with Crippen molar-refractivity contribution < 1.29 is 4.74 Å². The zero-order valence-electron chi connectivity index (χ0n) is 9.64. The second kappa shape index (κ2) is 5.97. The Morgan fingerprint density at radius 1 is 1.31 bits per heavy atom. The average molecular weight is 220 g/mol. The van der Waals surface area contributed by atoms with Crippen molar-refractivity contribution in [3.63, 3.8) is 0 Å². The standard InChI is InChI=1S/C13H20N2O/c14-13(12-5-9-16-10-6-12)2-1-11-3-7-15-8-4-11/h3-4,7-8,12-13H,1-2,5-6,9-10,14H2. The molecule has 16 heavy (non-hydrogen) atoms. The molecule has 0 aliphatic carbocycles. The number of hydrogen-bond donors (Lipinski definition) is 1. The molecule has 3 nitrogen and oxygen atoms in total. The molecule has 88 valence electrons. The Hall–Kier alpha value is -0.930. The molecule has 1 aromatic heterocycles. The van der Waals surface area contributed by atoms with Crippen LogP contribution in [-0.4, -0.2) is 24.2 Å². The number of nitrogens with zero attached hydrogens (tertiary/aromatic N) is 1. The third kappa shape index (κ3) is 3.29. The molecule has 1 fully saturated rings. The summed E-state index contributed by atoms with van der Waals surface area (Å²) in [6.07, 6.45) is 8.05. The van der Waals surface area contributed by atoms with Crippen LogP contribution in [0.15, 0.2) is 24.5 Å². The number of nitrogens with two attached hydrogens (primary N) is 1. The second-order valence-corrected chi connectivity index (χ2v) is 4.51. The molecule has 1 unspecified atom stereocenters. The van der Waals surface area contributed by atoms with E-state index in [0.717, 1.165) is 38.9 Å². The van der Waals surface area contributed by atoms with E-state index < -0.39 is 0 Å². The van der Waals surface area contributed by atoms with Crippen LogP contribution < -0.4 is 5.73 Å². The summed E-state index contributed by atoms with van der Waals surface area (Å²) in [5.41, 5.74) is 7.56. The van der Waals surface area contributed by atoms with Crippen molar-refractivity contribution in [2.75, 3.05) is 13.2 Å². The molecule has 1 aliphatic heterocycles. The molecule has 0 radical (unpaired) electrons. The second-order valence-electron chi connectivity index (χ2n) is 4.51. The fraction of sp³-hybridized carbons (Fsp3) is 0.615. The van der Waals surface area contributed by atoms with E-state index in [4.69, 9.17) is 10.5 Å². The van der Waals surface area contributed by atoms with Gasteiger partial charge in [-0.15, -0.1) is 0 Å². The van der Waals surface area contributed by atoms with Gasteiger partial charge in [-0.25, -0.2) is 0 Å². The summed E-state index contributed by atoms with van der Waals surface area (Å²) in [6, 6.07) is 4.45. The number of hydrogen-bond acceptors (Lipinski definition) is 3. The highest BCUT2D eigenvalue weighted by Gasteiger charge is 2.20. The SMILES string of the molecule is NC(CCc1ccncc1)C1CCOCC1. The minimum absolute atomic E-state index is 0.317. The maximum absolute atomic E-state index is 6.23. The van der Waals surface area contributed by atoms with Gasteiger partial charge in [-0.2, -0.15) is 0 Å². The van der Waals surface area contributed by atoms with E-state index in [1.807, 2.05) is 12.4 Å². The van der Waals surface area contributed by atoms with E-state index in [1.165, 1.54) is 5.56 Å². The van der Waals surface area contributed by atoms with Crippen molar-refractivity contribution in [3.05, 3.63) is 30.1 Å². The first-order valence-corrected chi connectivity index (χ1v) is 6.08. The molecular weight excluding hydrogens is 200 g/mol. The summed E-state index contributed by atoms with van der Waals surface area (Å²) in [5, 5.41) is 0. The predicted molar refractivity (Wildman–Crippen MR) is 64.1 cm³/mol. The highest BCUT2D eigenvalue weighted by molar-refractivity contribution is 5.09. The highest BCUT2D eigenvalue weighted by Crippen LogP contribution is 2.20. The van der Waals surface area contributed by atoms with Crippen molar-refractivity contribution in [3.8, 4) is 0 Å². The maximum Gasteiger partial charge on any atom is 0.0469 e. The molecule has 0 spiro atoms. The van der Waals surface area contributed by atoms with Gasteiger partial charge in [0.15, 0.2) is 0 Å². The highest BCUT2D eigenvalue weighted by atomic mass is 16.5. The van der Waals surface area contributed by atoms with E-state index in [1.54, 1.807) is 0 Å². The van der Waals surface area contributed by atoms with E-state index in [0.29, 0.717) is 12.0 Å². The molecule has 0 amide bonds. The Morgan fingerprint density at radius 3 is 2.69 bits per heavy atom. The number of rotatable bonds is 4. The minimum Gasteiger partial charge on any atom is -0.381 e. The molecule has 2 rings (SSSR count). The quantitative estimate of drug-likeness (QED) is 0.841. The Balaban J connectivity index is 1.76. The molecule has 0 bridgehead atoms. The largest absolute Gasteiger partial charge is 0.381 e. The Morgan fingerprint density at radius 2 is 2.00 bits per heavy atom. The summed E-state index contributed by atoms with van der Waals surface area (Å²) in [5.74, 6) is 0.649. The molecule has 1 aliphatic rings. The molecule has 0 saturated carbocycles. The number of aryl methyl sites for hydroxylation is 1. The van der Waals surface area contributed by atoms with Crippen LogP contribution in [0.5, 0.6) is 0 Å². The molecule has 3 heteroatoms. The summed E-state index contributed by atoms with van der Waals surface area (Å²) in [4.78, 5) is 4.01. The fourth-order valence-corrected chi connectivity index (χ4v) is 2.26. The zero-order valence-corrected chi connectivity index (χ0v) is 9.64. The molecule has 0 aromatic carbocycles. The van der Waals surface area contributed by atoms with Gasteiger partial charge in [-0.1, -0.05) is 0 Å². The summed E-state index contributed by atoms with van der Waals surface area (Å²) in [6.45, 7) is 1.77. The van der Waals surface area contributed by atoms with Crippen LogP contribution in [0.4, 0.5) is 0 Å². The topological polar surface area (TPSA) is 48.1 Å². The van der Waals surface area contributed by atoms with Gasteiger partial charge in [0.05, 0.1) is 0 Å². The van der Waals surface area contributed by atoms with Crippen LogP contribution in [0.25, 0.3) is 0 Å². The van der Waals surface area contributed by atoms with Crippen molar-refractivity contribution in [2.24, 2.45) is 11.7 Å². The summed E-state index contributed by atoms with van der Waals surface area (Å²) < 4.78 is 5.35. The van der Waals surface area contributed by atoms with Gasteiger partial charge >= 0.3 is 0 Å². The van der Waals surface area contributed by atoms with Crippen LogP contribution in [0.2, 0.25) is 0 Å². The lowest BCUT2D eigenvalue weighted by atomic mass is 9.89. The Labute approximate surface area is 97.0 Å². The van der Waals surface area contributed by atoms with Crippen LogP contribution in [0.3, 0.4) is 0 Å². The van der Waals surface area contributed by atoms with Gasteiger partial charge in [0, 0.05) is 31.6 Å². The first kappa shape index (κ1) is 11.6. The Kier molecular flexibility index (Phi) is 4.31. The van der Waals surface area contributed by atoms with Crippen LogP contribution in [0.1, 0.15) is 24.8 Å². The van der Waals surface area contributed by atoms with E-state index in [2.05, 4.69) is 17.1 Å². The van der Waals surface area contributed by atoms with E-state index in [-0.39, 0.29) is 0 Å². The maximum atomic E-state index is 6.23. The Bertz CT molecular complexity index is 296. The van der Waals surface area contributed by atoms with Crippen LogP contribution in [0, 0.1) is 5.92 Å². The zero-order chi connectivity index (χ0) is 11.2. The first-order valence-electron chi connectivity index (χ1n) is 6.08. The van der Waals surface area contributed by atoms with Gasteiger partial charge < -0.3 is 10.5 Å². The lowest BCUT2D eigenvalue weighted by Crippen LogP contribution is -2.34. The number of pyridine rings is 1. The monoisotopic (exact) mass is 220 g/mol. The smallest absolute Gasteiger partial charge is 0.0469 e. The minimum atomic E-state index is 0.317. The van der Waals surface area contributed by atoms with Crippen molar-refractivity contribution >= 4 is 0 Å². The predicted octanol–water partition coefficient (Wildman–Crippen LogP) is 1.77. The molecule has 1 aromatic rings. The first-order chi connectivity index (χ1) is 7.86. The van der Waals surface area contributed by atoms with Gasteiger partial charge in [0.1, 0.15) is 0 Å². The average Bonchev–Trinajstić information content (AvgIpc) is 2.38. The summed E-state index contributed by atoms with van der Waals surface area (Å²) in [7, 11) is 0. The van der Waals surface area contributed by atoms with Gasteiger partial charge in [0.25, 0.3) is 0 Å². The molecule has 2 N–H and O–H groups in total. The number of aromatic nitrogens is 1. The van der Waals surface area contributed by atoms with E-state index >= 15 is 0 Å². The molecular formula is C13H20N2O.